The second-order valence-electron chi connectivity index (χ2n) is 12.2. The van der Waals surface area contributed by atoms with E-state index < -0.39 is 0 Å². The number of anilines is 1. The molecular formula is C28H39N7O. The van der Waals surface area contributed by atoms with Crippen LogP contribution in [-0.2, 0) is 26.6 Å². The molecule has 1 N–H and O–H groups in total. The molecule has 2 aliphatic heterocycles. The fourth-order valence-electron chi connectivity index (χ4n) is 7.93. The van der Waals surface area contributed by atoms with Crippen LogP contribution >= 0.6 is 0 Å². The molecule has 0 radical (unpaired) electrons. The van der Waals surface area contributed by atoms with Crippen LogP contribution in [0.3, 0.4) is 0 Å². The number of pyridine rings is 1. The molecule has 36 heavy (non-hydrogen) atoms. The predicted molar refractivity (Wildman–Crippen MR) is 140 cm³/mol. The Hall–Kier alpha value is -2.45. The first-order valence-corrected chi connectivity index (χ1v) is 13.9. The predicted octanol–water partition coefficient (Wildman–Crippen LogP) is 3.50. The van der Waals surface area contributed by atoms with Gasteiger partial charge in [0.25, 0.3) is 0 Å². The van der Waals surface area contributed by atoms with E-state index in [1.807, 2.05) is 17.9 Å². The normalized spacial score (nSPS) is 30.4. The lowest BCUT2D eigenvalue weighted by molar-refractivity contribution is -0.0569. The Bertz CT molecular complexity index is 1300. The smallest absolute Gasteiger partial charge is 0.159 e. The standard InChI is InChI=1S/C28H39N7O/c1-19-14-25(22-15-29-32(3)26(22)30-19)33-12-5-24-23(17-33)20(2)31-35(24)18-27-6-9-28(10-7-27,11-8-27)34-13-4-21(36)16-34/h14-15,21,36H,4-13,16-18H2,1-3H3. The van der Waals surface area contributed by atoms with Crippen molar-refractivity contribution >= 4 is 16.7 Å². The molecule has 8 rings (SSSR count). The van der Waals surface area contributed by atoms with Crippen LogP contribution in [-0.4, -0.2) is 65.8 Å². The van der Waals surface area contributed by atoms with Gasteiger partial charge in [0.15, 0.2) is 5.65 Å². The van der Waals surface area contributed by atoms with Crippen LogP contribution in [0.15, 0.2) is 12.3 Å². The van der Waals surface area contributed by atoms with Gasteiger partial charge in [-0.1, -0.05) is 0 Å². The number of hydrogen-bond donors (Lipinski definition) is 1. The lowest BCUT2D eigenvalue weighted by atomic mass is 9.56. The number of aliphatic hydroxyl groups is 1. The Kier molecular flexibility index (Phi) is 5.06. The molecule has 8 heteroatoms. The SMILES string of the molecule is Cc1cc(N2CCc3c(c(C)nn3CC34CCC(N5CCC(O)C5)(CC3)CC4)C2)c2cnn(C)c2n1. The largest absolute Gasteiger partial charge is 0.392 e. The van der Waals surface area contributed by atoms with Crippen molar-refractivity contribution in [2.45, 2.75) is 89.9 Å². The highest BCUT2D eigenvalue weighted by Gasteiger charge is 2.52. The number of aromatic nitrogens is 5. The number of nitrogens with zero attached hydrogens (tertiary/aromatic N) is 7. The lowest BCUT2D eigenvalue weighted by Crippen LogP contribution is -2.57. The fourth-order valence-corrected chi connectivity index (χ4v) is 7.93. The number of aliphatic hydroxyl groups excluding tert-OH is 1. The molecule has 8 nitrogen and oxygen atoms in total. The van der Waals surface area contributed by atoms with Crippen LogP contribution in [0.25, 0.3) is 11.0 Å². The first-order chi connectivity index (χ1) is 17.3. The fraction of sp³-hybridized carbons (Fsp3) is 0.679. The zero-order valence-electron chi connectivity index (χ0n) is 22.0. The molecule has 3 aliphatic carbocycles. The summed E-state index contributed by atoms with van der Waals surface area (Å²) >= 11 is 0. The minimum absolute atomic E-state index is 0.114. The molecule has 0 aromatic carbocycles. The van der Waals surface area contributed by atoms with Crippen LogP contribution in [0.1, 0.15) is 67.6 Å². The molecule has 192 valence electrons. The highest BCUT2D eigenvalue weighted by atomic mass is 16.3. The number of fused-ring (bicyclic) bond motifs is 5. The average Bonchev–Trinajstić information content (AvgIpc) is 3.57. The molecule has 0 amide bonds. The van der Waals surface area contributed by atoms with Gasteiger partial charge in [-0.2, -0.15) is 10.2 Å². The minimum Gasteiger partial charge on any atom is -0.392 e. The third kappa shape index (κ3) is 3.44. The third-order valence-electron chi connectivity index (χ3n) is 10.2. The zero-order chi connectivity index (χ0) is 24.7. The molecule has 3 aromatic heterocycles. The number of rotatable bonds is 4. The molecule has 5 aliphatic rings. The Morgan fingerprint density at radius 1 is 1.08 bits per heavy atom. The van der Waals surface area contributed by atoms with E-state index in [1.54, 1.807) is 0 Å². The molecule has 3 aromatic rings. The zero-order valence-corrected chi connectivity index (χ0v) is 22.0. The monoisotopic (exact) mass is 489 g/mol. The number of β-amino-alcohol motifs (C(OH)–C–C–N with tert-alkyl or cyclic N) is 1. The summed E-state index contributed by atoms with van der Waals surface area (Å²) in [6.07, 6.45) is 11.6. The van der Waals surface area contributed by atoms with E-state index in [9.17, 15) is 5.11 Å². The van der Waals surface area contributed by atoms with Gasteiger partial charge in [-0.05, 0) is 70.3 Å². The minimum atomic E-state index is -0.114. The van der Waals surface area contributed by atoms with Crippen molar-refractivity contribution in [2.75, 3.05) is 24.5 Å². The molecule has 5 heterocycles. The van der Waals surface area contributed by atoms with Crippen molar-refractivity contribution in [3.63, 3.8) is 0 Å². The highest BCUT2D eigenvalue weighted by molar-refractivity contribution is 5.89. The van der Waals surface area contributed by atoms with Crippen LogP contribution in [0.5, 0.6) is 0 Å². The Balaban J connectivity index is 1.11. The van der Waals surface area contributed by atoms with E-state index in [0.717, 1.165) is 62.3 Å². The number of likely N-dealkylation sites (tertiary alicyclic amines) is 1. The van der Waals surface area contributed by atoms with Crippen molar-refractivity contribution in [1.82, 2.24) is 29.4 Å². The molecule has 3 saturated carbocycles. The van der Waals surface area contributed by atoms with Crippen molar-refractivity contribution in [3.05, 3.63) is 34.9 Å². The van der Waals surface area contributed by atoms with Crippen LogP contribution in [0, 0.1) is 19.3 Å². The summed E-state index contributed by atoms with van der Waals surface area (Å²) in [4.78, 5) is 9.85. The van der Waals surface area contributed by atoms with Crippen molar-refractivity contribution in [2.24, 2.45) is 12.5 Å². The maximum atomic E-state index is 10.1. The Morgan fingerprint density at radius 2 is 1.86 bits per heavy atom. The van der Waals surface area contributed by atoms with E-state index in [4.69, 9.17) is 10.1 Å². The summed E-state index contributed by atoms with van der Waals surface area (Å²) in [6, 6.07) is 2.21. The molecule has 1 saturated heterocycles. The van der Waals surface area contributed by atoms with Gasteiger partial charge in [0.05, 0.1) is 29.1 Å². The maximum absolute atomic E-state index is 10.1. The van der Waals surface area contributed by atoms with Crippen LogP contribution in [0.4, 0.5) is 5.69 Å². The molecule has 0 spiro atoms. The van der Waals surface area contributed by atoms with Gasteiger partial charge < -0.3 is 10.0 Å². The van der Waals surface area contributed by atoms with E-state index in [2.05, 4.69) is 39.5 Å². The summed E-state index contributed by atoms with van der Waals surface area (Å²) in [5.41, 5.74) is 8.04. The lowest BCUT2D eigenvalue weighted by Gasteiger charge is -2.57. The second kappa shape index (κ2) is 8.02. The summed E-state index contributed by atoms with van der Waals surface area (Å²) in [5.74, 6) is 0. The topological polar surface area (TPSA) is 75.2 Å². The van der Waals surface area contributed by atoms with Crippen molar-refractivity contribution in [3.8, 4) is 0 Å². The summed E-state index contributed by atoms with van der Waals surface area (Å²) < 4.78 is 4.27. The third-order valence-corrected chi connectivity index (χ3v) is 10.2. The van der Waals surface area contributed by atoms with E-state index >= 15 is 0 Å². The van der Waals surface area contributed by atoms with Crippen molar-refractivity contribution in [1.29, 1.82) is 0 Å². The van der Waals surface area contributed by atoms with Crippen molar-refractivity contribution < 1.29 is 5.11 Å². The van der Waals surface area contributed by atoms with Crippen LogP contribution < -0.4 is 4.90 Å². The van der Waals surface area contributed by atoms with E-state index in [-0.39, 0.29) is 6.10 Å². The molecular weight excluding hydrogens is 450 g/mol. The quantitative estimate of drug-likeness (QED) is 0.605. The van der Waals surface area contributed by atoms with E-state index in [0.29, 0.717) is 11.0 Å². The number of hydrogen-bond acceptors (Lipinski definition) is 6. The molecule has 2 bridgehead atoms. The second-order valence-corrected chi connectivity index (χ2v) is 12.2. The molecule has 1 atom stereocenters. The summed E-state index contributed by atoms with van der Waals surface area (Å²) in [6.45, 7) is 9.21. The molecule has 1 unspecified atom stereocenters. The number of aryl methyl sites for hydroxylation is 3. The van der Waals surface area contributed by atoms with Gasteiger partial charge >= 0.3 is 0 Å². The summed E-state index contributed by atoms with van der Waals surface area (Å²) in [7, 11) is 1.97. The van der Waals surface area contributed by atoms with Gasteiger partial charge in [-0.25, -0.2) is 4.98 Å². The first-order valence-electron chi connectivity index (χ1n) is 13.9. The van der Waals surface area contributed by atoms with Gasteiger partial charge in [0.2, 0.25) is 0 Å². The van der Waals surface area contributed by atoms with E-state index in [1.165, 1.54) is 61.2 Å². The van der Waals surface area contributed by atoms with Gasteiger partial charge in [-0.3, -0.25) is 14.3 Å². The Morgan fingerprint density at radius 3 is 2.58 bits per heavy atom. The maximum Gasteiger partial charge on any atom is 0.159 e. The molecule has 4 fully saturated rings. The van der Waals surface area contributed by atoms with Gasteiger partial charge in [0.1, 0.15) is 0 Å². The van der Waals surface area contributed by atoms with Gasteiger partial charge in [0, 0.05) is 68.7 Å². The summed E-state index contributed by atoms with van der Waals surface area (Å²) in [5, 5.41) is 20.8. The average molecular weight is 490 g/mol. The Labute approximate surface area is 213 Å². The first kappa shape index (κ1) is 22.7. The highest BCUT2D eigenvalue weighted by Crippen LogP contribution is 2.56. The van der Waals surface area contributed by atoms with Gasteiger partial charge in [-0.15, -0.1) is 0 Å². The van der Waals surface area contributed by atoms with Crippen LogP contribution in [0.2, 0.25) is 0 Å².